The van der Waals surface area contributed by atoms with E-state index in [0.29, 0.717) is 11.4 Å². The largest absolute Gasteiger partial charge is 0.496 e. The highest BCUT2D eigenvalue weighted by Crippen LogP contribution is 2.34. The molecule has 22 heavy (non-hydrogen) atoms. The first-order chi connectivity index (χ1) is 10.6. The van der Waals surface area contributed by atoms with Crippen molar-refractivity contribution in [1.29, 1.82) is 0 Å². The van der Waals surface area contributed by atoms with Crippen molar-refractivity contribution < 1.29 is 14.3 Å². The monoisotopic (exact) mass is 313 g/mol. The van der Waals surface area contributed by atoms with E-state index in [-0.39, 0.29) is 27.6 Å². The molecule has 0 saturated heterocycles. The van der Waals surface area contributed by atoms with Crippen LogP contribution in [0.4, 0.5) is 5.69 Å². The molecule has 2 aromatic rings. The van der Waals surface area contributed by atoms with E-state index < -0.39 is 5.78 Å². The van der Waals surface area contributed by atoms with Gasteiger partial charge >= 0.3 is 0 Å². The summed E-state index contributed by atoms with van der Waals surface area (Å²) in [6.07, 6.45) is 0. The lowest BCUT2D eigenvalue weighted by Gasteiger charge is -2.20. The van der Waals surface area contributed by atoms with Crippen LogP contribution in [0.1, 0.15) is 20.7 Å². The topological polar surface area (TPSA) is 55.4 Å². The van der Waals surface area contributed by atoms with Crippen molar-refractivity contribution in [3.63, 3.8) is 0 Å². The van der Waals surface area contributed by atoms with E-state index in [0.717, 1.165) is 0 Å². The van der Waals surface area contributed by atoms with Crippen molar-refractivity contribution in [3.05, 3.63) is 70.4 Å². The summed E-state index contributed by atoms with van der Waals surface area (Å²) in [5.74, 6) is -0.401. The van der Waals surface area contributed by atoms with Gasteiger partial charge in [-0.2, -0.15) is 0 Å². The second kappa shape index (κ2) is 5.66. The van der Waals surface area contributed by atoms with Crippen LogP contribution in [0.2, 0.25) is 0 Å². The number of anilines is 1. The third-order valence-electron chi connectivity index (χ3n) is 3.41. The molecule has 0 bridgehead atoms. The summed E-state index contributed by atoms with van der Waals surface area (Å²) >= 11 is 6.11. The molecule has 5 heteroatoms. The van der Waals surface area contributed by atoms with Crippen molar-refractivity contribution in [2.45, 2.75) is 0 Å². The van der Waals surface area contributed by atoms with Crippen LogP contribution < -0.4 is 10.1 Å². The predicted octanol–water partition coefficient (Wildman–Crippen LogP) is 3.64. The Kier molecular flexibility index (Phi) is 3.69. The number of hydrogen-bond donors (Lipinski definition) is 1. The molecule has 0 unspecified atom stereocenters. The third-order valence-corrected chi connectivity index (χ3v) is 3.77. The molecule has 0 saturated carbocycles. The average molecular weight is 314 g/mol. The fraction of sp³-hybridized carbons (Fsp3) is 0.0588. The first kappa shape index (κ1) is 14.4. The number of hydrogen-bond acceptors (Lipinski definition) is 4. The van der Waals surface area contributed by atoms with E-state index in [1.54, 1.807) is 30.3 Å². The van der Waals surface area contributed by atoms with Crippen LogP contribution >= 0.6 is 11.6 Å². The molecule has 4 nitrogen and oxygen atoms in total. The Hall–Kier alpha value is -2.59. The van der Waals surface area contributed by atoms with Crippen molar-refractivity contribution in [1.82, 2.24) is 0 Å². The SMILES string of the molecule is COc1cccc2c1C(=O)C(Nc1ccccc1)=C(Cl)C2=O. The first-order valence-corrected chi connectivity index (χ1v) is 6.99. The average Bonchev–Trinajstić information content (AvgIpc) is 2.57. The zero-order chi connectivity index (χ0) is 15.7. The number of rotatable bonds is 3. The number of ether oxygens (including phenoxy) is 1. The Labute approximate surface area is 132 Å². The quantitative estimate of drug-likeness (QED) is 0.940. The minimum absolute atomic E-state index is 0.0647. The molecule has 0 heterocycles. The summed E-state index contributed by atoms with van der Waals surface area (Å²) in [5.41, 5.74) is 1.23. The van der Waals surface area contributed by atoms with Gasteiger partial charge in [0, 0.05) is 11.3 Å². The fourth-order valence-electron chi connectivity index (χ4n) is 2.36. The van der Waals surface area contributed by atoms with Gasteiger partial charge in [-0.3, -0.25) is 9.59 Å². The molecule has 0 fully saturated rings. The fourth-order valence-corrected chi connectivity index (χ4v) is 2.59. The predicted molar refractivity (Wildman–Crippen MR) is 84.6 cm³/mol. The number of allylic oxidation sites excluding steroid dienone is 2. The second-order valence-corrected chi connectivity index (χ2v) is 5.10. The highest BCUT2D eigenvalue weighted by molar-refractivity contribution is 6.50. The number of carbonyl (C=O) groups excluding carboxylic acids is 2. The highest BCUT2D eigenvalue weighted by Gasteiger charge is 2.34. The highest BCUT2D eigenvalue weighted by atomic mass is 35.5. The smallest absolute Gasteiger partial charge is 0.215 e. The number of Topliss-reactive ketones (excluding diaryl/α,β-unsaturated/α-hetero) is 2. The Morgan fingerprint density at radius 1 is 0.955 bits per heavy atom. The van der Waals surface area contributed by atoms with Gasteiger partial charge in [0.2, 0.25) is 11.6 Å². The number of ketones is 2. The third kappa shape index (κ3) is 2.27. The standard InChI is InChI=1S/C17H12ClNO3/c1-22-12-9-5-8-11-13(12)17(21)15(14(18)16(11)20)19-10-6-3-2-4-7-10/h2-9,19H,1H3. The Morgan fingerprint density at radius 3 is 2.36 bits per heavy atom. The summed E-state index contributed by atoms with van der Waals surface area (Å²) in [4.78, 5) is 25.1. The summed E-state index contributed by atoms with van der Waals surface area (Å²) in [7, 11) is 1.46. The van der Waals surface area contributed by atoms with E-state index in [1.807, 2.05) is 18.2 Å². The van der Waals surface area contributed by atoms with Gasteiger partial charge in [-0.15, -0.1) is 0 Å². The lowest BCUT2D eigenvalue weighted by molar-refractivity contribution is 0.0979. The maximum Gasteiger partial charge on any atom is 0.215 e. The maximum absolute atomic E-state index is 12.7. The summed E-state index contributed by atoms with van der Waals surface area (Å²) < 4.78 is 5.20. The van der Waals surface area contributed by atoms with E-state index in [9.17, 15) is 9.59 Å². The van der Waals surface area contributed by atoms with Gasteiger partial charge in [-0.25, -0.2) is 0 Å². The molecule has 1 aliphatic carbocycles. The van der Waals surface area contributed by atoms with Crippen LogP contribution in [-0.4, -0.2) is 18.7 Å². The number of methoxy groups -OCH3 is 1. The molecular weight excluding hydrogens is 302 g/mol. The number of benzene rings is 2. The first-order valence-electron chi connectivity index (χ1n) is 6.61. The second-order valence-electron chi connectivity index (χ2n) is 4.72. The molecule has 2 aromatic carbocycles. The minimum Gasteiger partial charge on any atom is -0.496 e. The molecule has 0 atom stereocenters. The Balaban J connectivity index is 2.10. The molecule has 0 amide bonds. The minimum atomic E-state index is -0.395. The number of carbonyl (C=O) groups is 2. The lowest BCUT2D eigenvalue weighted by Crippen LogP contribution is -2.25. The van der Waals surface area contributed by atoms with E-state index in [4.69, 9.17) is 16.3 Å². The molecule has 3 rings (SSSR count). The van der Waals surface area contributed by atoms with Crippen LogP contribution in [0.3, 0.4) is 0 Å². The number of para-hydroxylation sites is 1. The van der Waals surface area contributed by atoms with E-state index >= 15 is 0 Å². The van der Waals surface area contributed by atoms with Crippen molar-refractivity contribution in [2.75, 3.05) is 12.4 Å². The molecule has 0 aromatic heterocycles. The molecule has 110 valence electrons. The van der Waals surface area contributed by atoms with Gasteiger partial charge in [0.1, 0.15) is 16.5 Å². The van der Waals surface area contributed by atoms with Crippen LogP contribution in [0.15, 0.2) is 59.3 Å². The van der Waals surface area contributed by atoms with Gasteiger partial charge < -0.3 is 10.1 Å². The van der Waals surface area contributed by atoms with Crippen molar-refractivity contribution in [3.8, 4) is 5.75 Å². The Morgan fingerprint density at radius 2 is 1.68 bits per heavy atom. The molecule has 1 N–H and O–H groups in total. The maximum atomic E-state index is 12.7. The van der Waals surface area contributed by atoms with E-state index in [2.05, 4.69) is 5.32 Å². The lowest BCUT2D eigenvalue weighted by atomic mass is 9.91. The van der Waals surface area contributed by atoms with Crippen LogP contribution in [0, 0.1) is 0 Å². The normalized spacial score (nSPS) is 13.9. The van der Waals surface area contributed by atoms with Crippen LogP contribution in [0.5, 0.6) is 5.75 Å². The van der Waals surface area contributed by atoms with Gasteiger partial charge in [0.15, 0.2) is 0 Å². The Bertz CT molecular complexity index is 797. The van der Waals surface area contributed by atoms with Crippen LogP contribution in [0.25, 0.3) is 0 Å². The molecule has 0 spiro atoms. The number of nitrogens with one attached hydrogen (secondary N) is 1. The van der Waals surface area contributed by atoms with Gasteiger partial charge in [-0.1, -0.05) is 35.9 Å². The van der Waals surface area contributed by atoms with Crippen molar-refractivity contribution >= 4 is 28.9 Å². The van der Waals surface area contributed by atoms with E-state index in [1.165, 1.54) is 7.11 Å². The molecule has 0 aliphatic heterocycles. The molecular formula is C17H12ClNO3. The van der Waals surface area contributed by atoms with Gasteiger partial charge in [0.05, 0.1) is 12.7 Å². The number of fused-ring (bicyclic) bond motifs is 1. The van der Waals surface area contributed by atoms with Crippen molar-refractivity contribution in [2.24, 2.45) is 0 Å². The zero-order valence-electron chi connectivity index (χ0n) is 11.7. The van der Waals surface area contributed by atoms with Gasteiger partial charge in [-0.05, 0) is 24.3 Å². The summed E-state index contributed by atoms with van der Waals surface area (Å²) in [6.45, 7) is 0. The number of halogens is 1. The molecule has 0 radical (unpaired) electrons. The molecule has 1 aliphatic rings. The van der Waals surface area contributed by atoms with Gasteiger partial charge in [0.25, 0.3) is 0 Å². The zero-order valence-corrected chi connectivity index (χ0v) is 12.5. The van der Waals surface area contributed by atoms with Crippen LogP contribution in [-0.2, 0) is 0 Å². The summed E-state index contributed by atoms with van der Waals surface area (Å²) in [6, 6.07) is 13.9. The summed E-state index contributed by atoms with van der Waals surface area (Å²) in [5, 5.41) is 2.81.